The van der Waals surface area contributed by atoms with Gasteiger partial charge in [0.05, 0.1) is 0 Å². The van der Waals surface area contributed by atoms with Crippen molar-refractivity contribution in [3.05, 3.63) is 65.2 Å². The van der Waals surface area contributed by atoms with Crippen molar-refractivity contribution in [3.63, 3.8) is 0 Å². The van der Waals surface area contributed by atoms with E-state index in [1.165, 1.54) is 29.5 Å². The van der Waals surface area contributed by atoms with Crippen molar-refractivity contribution in [1.29, 1.82) is 0 Å². The predicted octanol–water partition coefficient (Wildman–Crippen LogP) is 3.87. The number of hydrogen-bond donors (Lipinski definition) is 2. The topological polar surface area (TPSA) is 38.0 Å². The van der Waals surface area contributed by atoms with Crippen LogP contribution in [0.25, 0.3) is 0 Å². The highest BCUT2D eigenvalue weighted by Gasteiger charge is 2.23. The van der Waals surface area contributed by atoms with Crippen molar-refractivity contribution < 1.29 is 0 Å². The lowest BCUT2D eigenvalue weighted by Crippen LogP contribution is -2.29. The summed E-state index contributed by atoms with van der Waals surface area (Å²) in [5, 5.41) is 3.78. The van der Waals surface area contributed by atoms with E-state index in [0.29, 0.717) is 12.1 Å². The van der Waals surface area contributed by atoms with Gasteiger partial charge in [-0.1, -0.05) is 36.4 Å². The van der Waals surface area contributed by atoms with E-state index in [9.17, 15) is 0 Å². The zero-order valence-electron chi connectivity index (χ0n) is 12.7. The minimum atomic E-state index is 0.492. The third-order valence-corrected chi connectivity index (χ3v) is 4.44. The average Bonchev–Trinajstić information content (AvgIpc) is 2.88. The maximum Gasteiger partial charge on any atom is 0.0328 e. The molecule has 1 aliphatic rings. The van der Waals surface area contributed by atoms with E-state index in [2.05, 4.69) is 54.7 Å². The Bertz CT molecular complexity index is 592. The number of nitrogens with one attached hydrogen (secondary N) is 1. The van der Waals surface area contributed by atoms with Crippen molar-refractivity contribution in [1.82, 2.24) is 5.32 Å². The summed E-state index contributed by atoms with van der Waals surface area (Å²) in [5.41, 5.74) is 11.0. The van der Waals surface area contributed by atoms with Crippen molar-refractivity contribution in [2.45, 2.75) is 44.7 Å². The first-order valence-corrected chi connectivity index (χ1v) is 7.90. The van der Waals surface area contributed by atoms with Crippen molar-refractivity contribution in [3.8, 4) is 0 Å². The first kappa shape index (κ1) is 14.2. The maximum absolute atomic E-state index is 5.87. The van der Waals surface area contributed by atoms with Gasteiger partial charge in [0.25, 0.3) is 0 Å². The molecule has 2 heteroatoms. The van der Waals surface area contributed by atoms with Crippen molar-refractivity contribution in [2.75, 3.05) is 5.73 Å². The van der Waals surface area contributed by atoms with Gasteiger partial charge < -0.3 is 11.1 Å². The molecule has 0 radical (unpaired) electrons. The largest absolute Gasteiger partial charge is 0.399 e. The summed E-state index contributed by atoms with van der Waals surface area (Å²) in [7, 11) is 0. The molecule has 0 aromatic heterocycles. The Labute approximate surface area is 127 Å². The van der Waals surface area contributed by atoms with Gasteiger partial charge in [-0.3, -0.25) is 0 Å². The van der Waals surface area contributed by atoms with E-state index in [1.54, 1.807) is 0 Å². The fraction of sp³-hybridized carbons (Fsp3) is 0.368. The van der Waals surface area contributed by atoms with Gasteiger partial charge in [0.2, 0.25) is 0 Å². The van der Waals surface area contributed by atoms with Gasteiger partial charge >= 0.3 is 0 Å². The van der Waals surface area contributed by atoms with Gasteiger partial charge in [0.1, 0.15) is 0 Å². The summed E-state index contributed by atoms with van der Waals surface area (Å²) in [6.45, 7) is 2.29. The molecule has 2 unspecified atom stereocenters. The summed E-state index contributed by atoms with van der Waals surface area (Å²) in [5.74, 6) is 0. The van der Waals surface area contributed by atoms with Crippen LogP contribution in [-0.4, -0.2) is 6.04 Å². The fourth-order valence-corrected chi connectivity index (χ4v) is 3.27. The van der Waals surface area contributed by atoms with Gasteiger partial charge in [-0.05, 0) is 61.4 Å². The lowest BCUT2D eigenvalue weighted by molar-refractivity contribution is 0.434. The Morgan fingerprint density at radius 1 is 1.19 bits per heavy atom. The van der Waals surface area contributed by atoms with Crippen LogP contribution >= 0.6 is 0 Å². The second-order valence-electron chi connectivity index (χ2n) is 6.14. The summed E-state index contributed by atoms with van der Waals surface area (Å²) >= 11 is 0. The lowest BCUT2D eigenvalue weighted by Gasteiger charge is -2.20. The number of fused-ring (bicyclic) bond motifs is 1. The number of aryl methyl sites for hydroxylation is 2. The molecule has 2 atom stereocenters. The Kier molecular flexibility index (Phi) is 4.26. The van der Waals surface area contributed by atoms with Gasteiger partial charge in [0, 0.05) is 17.8 Å². The Hall–Kier alpha value is -1.80. The molecule has 3 N–H and O–H groups in total. The molecule has 1 aliphatic carbocycles. The smallest absolute Gasteiger partial charge is 0.0328 e. The molecular formula is C19H24N2. The van der Waals surface area contributed by atoms with Crippen LogP contribution in [0.5, 0.6) is 0 Å². The van der Waals surface area contributed by atoms with Gasteiger partial charge in [-0.25, -0.2) is 0 Å². The molecule has 3 rings (SSSR count). The second-order valence-corrected chi connectivity index (χ2v) is 6.14. The maximum atomic E-state index is 5.87. The van der Waals surface area contributed by atoms with E-state index < -0.39 is 0 Å². The van der Waals surface area contributed by atoms with Crippen LogP contribution in [0.4, 0.5) is 5.69 Å². The molecule has 0 bridgehead atoms. The zero-order chi connectivity index (χ0) is 14.7. The van der Waals surface area contributed by atoms with Gasteiger partial charge in [0.15, 0.2) is 0 Å². The van der Waals surface area contributed by atoms with Gasteiger partial charge in [-0.2, -0.15) is 0 Å². The molecule has 21 heavy (non-hydrogen) atoms. The third kappa shape index (κ3) is 3.45. The summed E-state index contributed by atoms with van der Waals surface area (Å²) in [6, 6.07) is 18.1. The standard InChI is InChI=1S/C19H24N2/c1-14(7-8-15-5-3-2-4-6-15)21-19-12-9-16-13-17(20)10-11-18(16)19/h2-6,10-11,13-14,19,21H,7-9,12,20H2,1H3. The first-order chi connectivity index (χ1) is 10.2. The molecule has 2 nitrogen and oxygen atoms in total. The molecule has 0 aliphatic heterocycles. The minimum absolute atomic E-state index is 0.492. The molecule has 2 aromatic rings. The Morgan fingerprint density at radius 3 is 2.81 bits per heavy atom. The molecule has 2 aromatic carbocycles. The molecule has 110 valence electrons. The van der Waals surface area contributed by atoms with Crippen LogP contribution in [-0.2, 0) is 12.8 Å². The Balaban J connectivity index is 1.56. The van der Waals surface area contributed by atoms with E-state index in [-0.39, 0.29) is 0 Å². The van der Waals surface area contributed by atoms with Gasteiger partial charge in [-0.15, -0.1) is 0 Å². The highest BCUT2D eigenvalue weighted by Crippen LogP contribution is 2.32. The van der Waals surface area contributed by atoms with E-state index in [0.717, 1.165) is 18.5 Å². The number of hydrogen-bond acceptors (Lipinski definition) is 2. The van der Waals surface area contributed by atoms with Crippen LogP contribution in [0.15, 0.2) is 48.5 Å². The summed E-state index contributed by atoms with van der Waals surface area (Å²) in [4.78, 5) is 0. The molecule has 0 heterocycles. The van der Waals surface area contributed by atoms with E-state index in [1.807, 2.05) is 6.07 Å². The molecule has 0 spiro atoms. The highest BCUT2D eigenvalue weighted by atomic mass is 14.9. The molecule has 0 saturated carbocycles. The molecule has 0 saturated heterocycles. The number of benzene rings is 2. The van der Waals surface area contributed by atoms with Crippen LogP contribution in [0, 0.1) is 0 Å². The molecular weight excluding hydrogens is 256 g/mol. The van der Waals surface area contributed by atoms with Crippen LogP contribution in [0.1, 0.15) is 42.5 Å². The minimum Gasteiger partial charge on any atom is -0.399 e. The van der Waals surface area contributed by atoms with Crippen molar-refractivity contribution in [2.24, 2.45) is 0 Å². The average molecular weight is 280 g/mol. The van der Waals surface area contributed by atoms with Crippen LogP contribution in [0.2, 0.25) is 0 Å². The zero-order valence-corrected chi connectivity index (χ0v) is 12.7. The number of nitrogens with two attached hydrogens (primary N) is 1. The number of rotatable bonds is 5. The normalized spacial score (nSPS) is 18.4. The second kappa shape index (κ2) is 6.31. The van der Waals surface area contributed by atoms with Crippen LogP contribution in [0.3, 0.4) is 0 Å². The predicted molar refractivity (Wildman–Crippen MR) is 89.3 cm³/mol. The van der Waals surface area contributed by atoms with Crippen LogP contribution < -0.4 is 11.1 Å². The highest BCUT2D eigenvalue weighted by molar-refractivity contribution is 5.47. The van der Waals surface area contributed by atoms with E-state index in [4.69, 9.17) is 5.73 Å². The number of anilines is 1. The third-order valence-electron chi connectivity index (χ3n) is 4.44. The quantitative estimate of drug-likeness (QED) is 0.816. The summed E-state index contributed by atoms with van der Waals surface area (Å²) in [6.07, 6.45) is 4.64. The fourth-order valence-electron chi connectivity index (χ4n) is 3.27. The monoisotopic (exact) mass is 280 g/mol. The molecule has 0 fully saturated rings. The van der Waals surface area contributed by atoms with Crippen molar-refractivity contribution >= 4 is 5.69 Å². The summed E-state index contributed by atoms with van der Waals surface area (Å²) < 4.78 is 0. The van der Waals surface area contributed by atoms with E-state index >= 15 is 0 Å². The molecule has 0 amide bonds. The first-order valence-electron chi connectivity index (χ1n) is 7.90. The Morgan fingerprint density at radius 2 is 2.00 bits per heavy atom. The number of nitrogen functional groups attached to an aromatic ring is 1. The lowest BCUT2D eigenvalue weighted by atomic mass is 10.0. The SMILES string of the molecule is CC(CCc1ccccc1)NC1CCc2cc(N)ccc21.